The zero-order chi connectivity index (χ0) is 14.1. The maximum Gasteiger partial charge on any atom is 0.150 e. The quantitative estimate of drug-likeness (QED) is 0.885. The lowest BCUT2D eigenvalue weighted by molar-refractivity contribution is 0.439. The molecule has 20 heavy (non-hydrogen) atoms. The monoisotopic (exact) mass is 293 g/mol. The summed E-state index contributed by atoms with van der Waals surface area (Å²) in [6.45, 7) is 2.81. The predicted octanol–water partition coefficient (Wildman–Crippen LogP) is 1.29. The Bertz CT molecular complexity index is 624. The highest BCUT2D eigenvalue weighted by Gasteiger charge is 2.22. The van der Waals surface area contributed by atoms with Crippen molar-refractivity contribution in [2.24, 2.45) is 0 Å². The van der Waals surface area contributed by atoms with E-state index in [-0.39, 0.29) is 11.9 Å². The number of nitrogen functional groups attached to an aromatic ring is 1. The van der Waals surface area contributed by atoms with Gasteiger partial charge in [0.05, 0.1) is 6.54 Å². The van der Waals surface area contributed by atoms with Crippen molar-refractivity contribution in [3.05, 3.63) is 23.0 Å². The summed E-state index contributed by atoms with van der Waals surface area (Å²) in [6.07, 6.45) is 4.11. The summed E-state index contributed by atoms with van der Waals surface area (Å²) in [4.78, 5) is 12.5. The van der Waals surface area contributed by atoms with Crippen LogP contribution in [0.5, 0.6) is 0 Å². The summed E-state index contributed by atoms with van der Waals surface area (Å²) < 4.78 is 1.96. The van der Waals surface area contributed by atoms with Crippen LogP contribution in [0.15, 0.2) is 6.33 Å². The Morgan fingerprint density at radius 3 is 3.15 bits per heavy atom. The fourth-order valence-electron chi connectivity index (χ4n) is 2.31. The molecule has 106 valence electrons. The normalized spacial score (nSPS) is 17.8. The van der Waals surface area contributed by atoms with Gasteiger partial charge in [-0.3, -0.25) is 0 Å². The number of anilines is 2. The zero-order valence-electron chi connectivity index (χ0n) is 11.2. The highest BCUT2D eigenvalue weighted by Crippen LogP contribution is 2.25. The van der Waals surface area contributed by atoms with E-state index in [0.717, 1.165) is 37.5 Å². The molecule has 0 radical (unpaired) electrons. The minimum atomic E-state index is 0.209. The van der Waals surface area contributed by atoms with E-state index >= 15 is 0 Å². The molecule has 1 unspecified atom stereocenters. The summed E-state index contributed by atoms with van der Waals surface area (Å²) in [5.74, 6) is 2.80. The number of hydrogen-bond acceptors (Lipinski definition) is 6. The molecule has 3 rings (SSSR count). The average molecular weight is 294 g/mol. The van der Waals surface area contributed by atoms with Crippen LogP contribution < -0.4 is 11.1 Å². The lowest BCUT2D eigenvalue weighted by Gasteiger charge is -2.24. The summed E-state index contributed by atoms with van der Waals surface area (Å²) in [5, 5.41) is 8.15. The van der Waals surface area contributed by atoms with Gasteiger partial charge in [0.25, 0.3) is 0 Å². The third kappa shape index (κ3) is 2.40. The van der Waals surface area contributed by atoms with Crippen LogP contribution in [0.2, 0.25) is 5.02 Å². The lowest BCUT2D eigenvalue weighted by Crippen LogP contribution is -2.32. The molecule has 8 heteroatoms. The molecule has 0 aliphatic carbocycles. The second kappa shape index (κ2) is 5.24. The van der Waals surface area contributed by atoms with Crippen LogP contribution in [0.4, 0.5) is 11.6 Å². The van der Waals surface area contributed by atoms with Crippen LogP contribution in [0.1, 0.15) is 25.0 Å². The third-order valence-corrected chi connectivity index (χ3v) is 3.75. The van der Waals surface area contributed by atoms with E-state index in [4.69, 9.17) is 17.3 Å². The molecule has 0 bridgehead atoms. The SMILES string of the molecule is CCc1nc2n(n1)CC(Nc1ncnc(N)c1Cl)CC2. The minimum absolute atomic E-state index is 0.209. The van der Waals surface area contributed by atoms with Crippen molar-refractivity contribution in [1.29, 1.82) is 0 Å². The highest BCUT2D eigenvalue weighted by molar-refractivity contribution is 6.35. The van der Waals surface area contributed by atoms with E-state index in [2.05, 4.69) is 32.3 Å². The Morgan fingerprint density at radius 1 is 1.50 bits per heavy atom. The van der Waals surface area contributed by atoms with Crippen LogP contribution in [0.3, 0.4) is 0 Å². The molecule has 3 heterocycles. The van der Waals surface area contributed by atoms with E-state index < -0.39 is 0 Å². The summed E-state index contributed by atoms with van der Waals surface area (Å²) in [6, 6.07) is 0.209. The van der Waals surface area contributed by atoms with Crippen LogP contribution in [0, 0.1) is 0 Å². The number of nitrogens with two attached hydrogens (primary N) is 1. The number of hydrogen-bond donors (Lipinski definition) is 2. The number of rotatable bonds is 3. The number of aromatic nitrogens is 5. The molecule has 1 atom stereocenters. The molecular weight excluding hydrogens is 278 g/mol. The van der Waals surface area contributed by atoms with Crippen molar-refractivity contribution >= 4 is 23.2 Å². The van der Waals surface area contributed by atoms with E-state index in [0.29, 0.717) is 10.8 Å². The van der Waals surface area contributed by atoms with Gasteiger partial charge in [0.2, 0.25) is 0 Å². The van der Waals surface area contributed by atoms with Crippen molar-refractivity contribution in [1.82, 2.24) is 24.7 Å². The molecule has 0 fully saturated rings. The van der Waals surface area contributed by atoms with E-state index in [1.807, 2.05) is 4.68 Å². The first kappa shape index (κ1) is 13.1. The maximum absolute atomic E-state index is 6.09. The van der Waals surface area contributed by atoms with Crippen molar-refractivity contribution in [3.8, 4) is 0 Å². The van der Waals surface area contributed by atoms with Gasteiger partial charge in [-0.1, -0.05) is 18.5 Å². The first-order chi connectivity index (χ1) is 9.67. The summed E-state index contributed by atoms with van der Waals surface area (Å²) in [7, 11) is 0. The molecule has 0 saturated carbocycles. The molecule has 3 N–H and O–H groups in total. The van der Waals surface area contributed by atoms with Gasteiger partial charge < -0.3 is 11.1 Å². The Balaban J connectivity index is 1.75. The third-order valence-electron chi connectivity index (χ3n) is 3.38. The Kier molecular flexibility index (Phi) is 3.43. The van der Waals surface area contributed by atoms with Gasteiger partial charge in [-0.2, -0.15) is 5.10 Å². The van der Waals surface area contributed by atoms with Gasteiger partial charge in [0, 0.05) is 18.9 Å². The number of nitrogens with zero attached hydrogens (tertiary/aromatic N) is 5. The maximum atomic E-state index is 6.09. The summed E-state index contributed by atoms with van der Waals surface area (Å²) >= 11 is 6.09. The van der Waals surface area contributed by atoms with E-state index in [1.165, 1.54) is 6.33 Å². The number of halogens is 1. The van der Waals surface area contributed by atoms with Crippen LogP contribution in [-0.2, 0) is 19.4 Å². The van der Waals surface area contributed by atoms with Crippen LogP contribution >= 0.6 is 11.6 Å². The molecular formula is C12H16ClN7. The van der Waals surface area contributed by atoms with Gasteiger partial charge >= 0.3 is 0 Å². The number of fused-ring (bicyclic) bond motifs is 1. The fourth-order valence-corrected chi connectivity index (χ4v) is 2.46. The van der Waals surface area contributed by atoms with Gasteiger partial charge in [-0.25, -0.2) is 19.6 Å². The first-order valence-corrected chi connectivity index (χ1v) is 7.00. The molecule has 0 saturated heterocycles. The second-order valence-electron chi connectivity index (χ2n) is 4.78. The van der Waals surface area contributed by atoms with E-state index in [1.54, 1.807) is 0 Å². The minimum Gasteiger partial charge on any atom is -0.382 e. The van der Waals surface area contributed by atoms with Gasteiger partial charge in [0.15, 0.2) is 11.6 Å². The van der Waals surface area contributed by atoms with Crippen molar-refractivity contribution in [2.75, 3.05) is 11.1 Å². The molecule has 0 aromatic carbocycles. The topological polar surface area (TPSA) is 94.5 Å². The number of aryl methyl sites for hydroxylation is 2. The second-order valence-corrected chi connectivity index (χ2v) is 5.16. The van der Waals surface area contributed by atoms with Crippen molar-refractivity contribution < 1.29 is 0 Å². The molecule has 2 aromatic rings. The van der Waals surface area contributed by atoms with E-state index in [9.17, 15) is 0 Å². The fraction of sp³-hybridized carbons (Fsp3) is 0.500. The largest absolute Gasteiger partial charge is 0.382 e. The van der Waals surface area contributed by atoms with Gasteiger partial charge in [-0.15, -0.1) is 0 Å². The Morgan fingerprint density at radius 2 is 2.35 bits per heavy atom. The predicted molar refractivity (Wildman–Crippen MR) is 76.6 cm³/mol. The number of nitrogens with one attached hydrogen (secondary N) is 1. The standard InChI is InChI=1S/C12H16ClN7/c1-2-8-18-9-4-3-7(5-20(9)19-8)17-12-10(13)11(14)15-6-16-12/h6-7H,2-5H2,1H3,(H3,14,15,16,17). The van der Waals surface area contributed by atoms with Crippen LogP contribution in [-0.4, -0.2) is 30.8 Å². The average Bonchev–Trinajstić information content (AvgIpc) is 2.86. The molecule has 7 nitrogen and oxygen atoms in total. The first-order valence-electron chi connectivity index (χ1n) is 6.62. The van der Waals surface area contributed by atoms with Crippen molar-refractivity contribution in [2.45, 2.75) is 38.8 Å². The molecule has 1 aliphatic heterocycles. The lowest BCUT2D eigenvalue weighted by atomic mass is 10.1. The van der Waals surface area contributed by atoms with Gasteiger partial charge in [-0.05, 0) is 6.42 Å². The van der Waals surface area contributed by atoms with Crippen LogP contribution in [0.25, 0.3) is 0 Å². The zero-order valence-corrected chi connectivity index (χ0v) is 11.9. The molecule has 2 aromatic heterocycles. The smallest absolute Gasteiger partial charge is 0.150 e. The molecule has 0 spiro atoms. The Hall–Kier alpha value is -1.89. The molecule has 1 aliphatic rings. The highest BCUT2D eigenvalue weighted by atomic mass is 35.5. The van der Waals surface area contributed by atoms with Crippen molar-refractivity contribution in [3.63, 3.8) is 0 Å². The van der Waals surface area contributed by atoms with Gasteiger partial charge in [0.1, 0.15) is 23.0 Å². The molecule has 0 amide bonds. The Labute approximate surface area is 121 Å². The summed E-state index contributed by atoms with van der Waals surface area (Å²) in [5.41, 5.74) is 5.67.